The van der Waals surface area contributed by atoms with Crippen LogP contribution in [0.4, 0.5) is 0 Å². The molecule has 0 bridgehead atoms. The molecule has 16 nitrogen and oxygen atoms in total. The van der Waals surface area contributed by atoms with Crippen molar-refractivity contribution in [3.05, 3.63) is 95.9 Å². The number of carbonyl (C=O) groups is 2. The maximum atomic E-state index is 12.5. The first-order valence-electron chi connectivity index (χ1n) is 17.0. The number of H-pyrrole nitrogens is 1. The quantitative estimate of drug-likeness (QED) is 0.0717. The van der Waals surface area contributed by atoms with Crippen molar-refractivity contribution < 1.29 is 53.7 Å². The van der Waals surface area contributed by atoms with Crippen LogP contribution in [0.2, 0.25) is 0 Å². The number of ether oxygens (including phenoxy) is 5. The lowest BCUT2D eigenvalue weighted by molar-refractivity contribution is -0.314. The van der Waals surface area contributed by atoms with Crippen molar-refractivity contribution in [2.24, 2.45) is 0 Å². The van der Waals surface area contributed by atoms with Gasteiger partial charge in [-0.05, 0) is 39.2 Å². The van der Waals surface area contributed by atoms with Crippen LogP contribution in [0, 0.1) is 0 Å². The van der Waals surface area contributed by atoms with Crippen LogP contribution in [0.3, 0.4) is 0 Å². The number of aromatic amines is 1. The van der Waals surface area contributed by atoms with Gasteiger partial charge < -0.3 is 49.1 Å². The van der Waals surface area contributed by atoms with E-state index in [0.717, 1.165) is 18.9 Å². The number of fused-ring (bicyclic) bond motifs is 1. The normalized spacial score (nSPS) is 29.2. The molecule has 2 aromatic rings. The van der Waals surface area contributed by atoms with Crippen LogP contribution < -0.4 is 5.56 Å². The van der Waals surface area contributed by atoms with Gasteiger partial charge in [-0.3, -0.25) is 9.36 Å². The zero-order valence-corrected chi connectivity index (χ0v) is 29.1. The standard InChI is InChI=1S/C36H46N4O12/c1-4-5-6-7-8-11-14-17-25(42)48-22(2)16-13-10-9-12-15-18-26(43)51-31-23(3)49-36(30(46)29(31)45)52-32-28(44)24(19-41)50-35(32)40-21-39-27-33(40)37-20-38-34(27)47/h5-6,8-9,11-18,20-24,28-32,35-36,41,44-46H,4,7,10,19H2,1-3H3,(H,37,38,47)/b6-5-,11-8+,12-9+,16-13-,17-14+,18-15+/t22?,23?,24-,28?,29?,30?,31-,32?,35-,36+/m1/s1. The first-order chi connectivity index (χ1) is 25.0. The third-order valence-corrected chi connectivity index (χ3v) is 8.07. The van der Waals surface area contributed by atoms with Crippen LogP contribution in [0.1, 0.15) is 46.3 Å². The van der Waals surface area contributed by atoms with Crippen molar-refractivity contribution in [3.8, 4) is 0 Å². The Morgan fingerprint density at radius 3 is 2.37 bits per heavy atom. The largest absolute Gasteiger partial charge is 0.455 e. The Morgan fingerprint density at radius 2 is 1.65 bits per heavy atom. The van der Waals surface area contributed by atoms with Gasteiger partial charge >= 0.3 is 11.9 Å². The lowest BCUT2D eigenvalue weighted by atomic mass is 9.99. The van der Waals surface area contributed by atoms with Crippen molar-refractivity contribution in [3.63, 3.8) is 0 Å². The molecule has 4 heterocycles. The molecule has 0 amide bonds. The van der Waals surface area contributed by atoms with Gasteiger partial charge in [0.2, 0.25) is 0 Å². The molecule has 2 saturated heterocycles. The molecule has 2 aromatic heterocycles. The summed E-state index contributed by atoms with van der Waals surface area (Å²) in [6, 6.07) is 0. The number of aromatic nitrogens is 4. The third kappa shape index (κ3) is 10.7. The van der Waals surface area contributed by atoms with Crippen molar-refractivity contribution in [1.82, 2.24) is 19.5 Å². The van der Waals surface area contributed by atoms with Gasteiger partial charge in [-0.1, -0.05) is 61.6 Å². The van der Waals surface area contributed by atoms with Crippen LogP contribution in [-0.2, 0) is 33.3 Å². The smallest absolute Gasteiger partial charge is 0.331 e. The minimum Gasteiger partial charge on any atom is -0.455 e. The summed E-state index contributed by atoms with van der Waals surface area (Å²) in [6.07, 6.45) is 12.6. The summed E-state index contributed by atoms with van der Waals surface area (Å²) in [5.74, 6) is -1.25. The number of aliphatic hydroxyl groups excluding tert-OH is 4. The highest BCUT2D eigenvalue weighted by Crippen LogP contribution is 2.36. The summed E-state index contributed by atoms with van der Waals surface area (Å²) >= 11 is 0. The van der Waals surface area contributed by atoms with E-state index in [1.807, 2.05) is 12.2 Å². The SMILES string of the molecule is CC/C=C\C/C=C/C=C/C(=O)OC(C)/C=C\C/C=C/C=C/C(=O)O[C@@H]1C(C)O[C@@H](OC2C(O)[C@@H](CO)O[C@H]2n2cnc3c(=O)[nH]cnc32)C(O)C1O. The van der Waals surface area contributed by atoms with E-state index in [9.17, 15) is 34.8 Å². The van der Waals surface area contributed by atoms with E-state index in [1.165, 1.54) is 36.3 Å². The molecular formula is C36H46N4O12. The topological polar surface area (TPSA) is 225 Å². The molecule has 10 atom stereocenters. The molecular weight excluding hydrogens is 680 g/mol. The Bertz CT molecular complexity index is 1710. The van der Waals surface area contributed by atoms with Crippen LogP contribution >= 0.6 is 0 Å². The average molecular weight is 727 g/mol. The lowest BCUT2D eigenvalue weighted by Crippen LogP contribution is -2.59. The van der Waals surface area contributed by atoms with E-state index in [2.05, 4.69) is 28.0 Å². The summed E-state index contributed by atoms with van der Waals surface area (Å²) in [7, 11) is 0. The van der Waals surface area contributed by atoms with Gasteiger partial charge in [0.05, 0.1) is 25.4 Å². The highest BCUT2D eigenvalue weighted by Gasteiger charge is 2.51. The van der Waals surface area contributed by atoms with Gasteiger partial charge in [0.15, 0.2) is 29.8 Å². The minimum atomic E-state index is -1.72. The van der Waals surface area contributed by atoms with E-state index < -0.39 is 85.5 Å². The molecule has 282 valence electrons. The van der Waals surface area contributed by atoms with Crippen LogP contribution in [0.25, 0.3) is 11.2 Å². The fourth-order valence-corrected chi connectivity index (χ4v) is 5.43. The number of hydrogen-bond donors (Lipinski definition) is 5. The van der Waals surface area contributed by atoms with Crippen molar-refractivity contribution in [2.45, 2.75) is 101 Å². The Kier molecular flexibility index (Phi) is 15.4. The number of nitrogens with one attached hydrogen (secondary N) is 1. The van der Waals surface area contributed by atoms with Crippen molar-refractivity contribution >= 4 is 23.1 Å². The third-order valence-electron chi connectivity index (χ3n) is 8.07. The molecule has 2 aliphatic heterocycles. The molecule has 52 heavy (non-hydrogen) atoms. The number of aliphatic hydroxyl groups is 4. The molecule has 4 rings (SSSR count). The Hall–Kier alpha value is -4.55. The van der Waals surface area contributed by atoms with Gasteiger partial charge in [-0.25, -0.2) is 19.6 Å². The Labute approximate surface area is 300 Å². The van der Waals surface area contributed by atoms with Gasteiger partial charge in [0, 0.05) is 12.2 Å². The summed E-state index contributed by atoms with van der Waals surface area (Å²) in [4.78, 5) is 47.1. The second-order valence-electron chi connectivity index (χ2n) is 12.0. The second-order valence-corrected chi connectivity index (χ2v) is 12.0. The second kappa shape index (κ2) is 19.9. The molecule has 0 spiro atoms. The molecule has 0 aromatic carbocycles. The Morgan fingerprint density at radius 1 is 0.942 bits per heavy atom. The van der Waals surface area contributed by atoms with Crippen molar-refractivity contribution in [2.75, 3.05) is 6.61 Å². The molecule has 2 aliphatic rings. The first kappa shape index (κ1) is 40.2. The fourth-order valence-electron chi connectivity index (χ4n) is 5.43. The van der Waals surface area contributed by atoms with E-state index >= 15 is 0 Å². The van der Waals surface area contributed by atoms with E-state index in [0.29, 0.717) is 6.42 Å². The van der Waals surface area contributed by atoms with Gasteiger partial charge in [0.1, 0.15) is 36.6 Å². The zero-order chi connectivity index (χ0) is 37.6. The Balaban J connectivity index is 1.24. The van der Waals surface area contributed by atoms with Gasteiger partial charge in [-0.2, -0.15) is 0 Å². The van der Waals surface area contributed by atoms with Crippen LogP contribution in [0.15, 0.2) is 90.4 Å². The summed E-state index contributed by atoms with van der Waals surface area (Å²) in [5.41, 5.74) is -0.381. The molecule has 2 fully saturated rings. The fraction of sp³-hybridized carbons (Fsp3) is 0.472. The van der Waals surface area contributed by atoms with E-state index in [1.54, 1.807) is 43.4 Å². The van der Waals surface area contributed by atoms with Gasteiger partial charge in [-0.15, -0.1) is 0 Å². The highest BCUT2D eigenvalue weighted by molar-refractivity contribution is 5.83. The highest BCUT2D eigenvalue weighted by atomic mass is 16.7. The van der Waals surface area contributed by atoms with E-state index in [-0.39, 0.29) is 11.2 Å². The molecule has 0 saturated carbocycles. The summed E-state index contributed by atoms with van der Waals surface area (Å²) in [5, 5.41) is 42.4. The van der Waals surface area contributed by atoms with Crippen LogP contribution in [-0.4, -0.2) is 114 Å². The minimum absolute atomic E-state index is 0.00385. The predicted molar refractivity (Wildman–Crippen MR) is 186 cm³/mol. The lowest BCUT2D eigenvalue weighted by Gasteiger charge is -2.41. The number of imidazole rings is 1. The predicted octanol–water partition coefficient (Wildman–Crippen LogP) is 1.59. The monoisotopic (exact) mass is 726 g/mol. The number of carbonyl (C=O) groups excluding carboxylic acids is 2. The molecule has 0 radical (unpaired) electrons. The number of nitrogens with zero attached hydrogens (tertiary/aromatic N) is 3. The van der Waals surface area contributed by atoms with Gasteiger partial charge in [0.25, 0.3) is 5.56 Å². The molecule has 16 heteroatoms. The maximum Gasteiger partial charge on any atom is 0.331 e. The van der Waals surface area contributed by atoms with Crippen LogP contribution in [0.5, 0.6) is 0 Å². The summed E-state index contributed by atoms with van der Waals surface area (Å²) in [6.45, 7) is 4.73. The number of allylic oxidation sites excluding steroid dienone is 9. The average Bonchev–Trinajstić information content (AvgIpc) is 3.69. The first-order valence-corrected chi connectivity index (χ1v) is 17.0. The zero-order valence-electron chi connectivity index (χ0n) is 29.1. The molecule has 6 unspecified atom stereocenters. The molecule has 0 aliphatic carbocycles. The number of hydrogen-bond acceptors (Lipinski definition) is 14. The number of rotatable bonds is 16. The van der Waals surface area contributed by atoms with Crippen molar-refractivity contribution in [1.29, 1.82) is 0 Å². The van der Waals surface area contributed by atoms with E-state index in [4.69, 9.17) is 23.7 Å². The molecule has 5 N–H and O–H groups in total. The summed E-state index contributed by atoms with van der Waals surface area (Å²) < 4.78 is 29.5. The maximum absolute atomic E-state index is 12.5. The number of esters is 2.